The number of imidazole rings is 1. The fourth-order valence-corrected chi connectivity index (χ4v) is 2.17. The molecule has 1 aromatic heterocycles. The first kappa shape index (κ1) is 11.2. The van der Waals surface area contributed by atoms with Gasteiger partial charge >= 0.3 is 0 Å². The number of rotatable bonds is 3. The van der Waals surface area contributed by atoms with Crippen molar-refractivity contribution in [3.8, 4) is 0 Å². The highest BCUT2D eigenvalue weighted by molar-refractivity contribution is 5.76. The lowest BCUT2D eigenvalue weighted by atomic mass is 9.78. The molecule has 2 nitrogen and oxygen atoms in total. The molecular formula is C14H20N2. The van der Waals surface area contributed by atoms with E-state index in [1.807, 2.05) is 6.92 Å². The number of aromatic amines is 1. The van der Waals surface area contributed by atoms with Gasteiger partial charge in [-0.2, -0.15) is 0 Å². The van der Waals surface area contributed by atoms with Crippen LogP contribution < -0.4 is 0 Å². The van der Waals surface area contributed by atoms with Crippen LogP contribution >= 0.6 is 0 Å². The average Bonchev–Trinajstić information content (AvgIpc) is 2.67. The molecule has 0 saturated heterocycles. The standard InChI is InChI=1S/C14H20N2/c1-5-14(4,6-2)11-7-8-12-13(9-11)16-10(3)15-12/h7-9H,5-6H2,1-4H3,(H,15,16). The van der Waals surface area contributed by atoms with Gasteiger partial charge in [-0.3, -0.25) is 0 Å². The van der Waals surface area contributed by atoms with E-state index in [4.69, 9.17) is 0 Å². The van der Waals surface area contributed by atoms with E-state index in [9.17, 15) is 0 Å². The summed E-state index contributed by atoms with van der Waals surface area (Å²) in [6.07, 6.45) is 2.34. The summed E-state index contributed by atoms with van der Waals surface area (Å²) < 4.78 is 0. The van der Waals surface area contributed by atoms with Gasteiger partial charge in [-0.15, -0.1) is 0 Å². The highest BCUT2D eigenvalue weighted by Gasteiger charge is 2.22. The summed E-state index contributed by atoms with van der Waals surface area (Å²) in [5.74, 6) is 0.988. The highest BCUT2D eigenvalue weighted by Crippen LogP contribution is 2.32. The lowest BCUT2D eigenvalue weighted by molar-refractivity contribution is 0.439. The first-order valence-corrected chi connectivity index (χ1v) is 6.06. The molecule has 0 bridgehead atoms. The second-order valence-electron chi connectivity index (χ2n) is 4.82. The summed E-state index contributed by atoms with van der Waals surface area (Å²) in [5.41, 5.74) is 3.92. The Hall–Kier alpha value is -1.31. The molecule has 0 aliphatic carbocycles. The molecule has 0 aliphatic rings. The van der Waals surface area contributed by atoms with Gasteiger partial charge in [0.1, 0.15) is 5.82 Å². The van der Waals surface area contributed by atoms with E-state index in [2.05, 4.69) is 48.9 Å². The van der Waals surface area contributed by atoms with Crippen LogP contribution in [0.5, 0.6) is 0 Å². The Bertz CT molecular complexity index is 492. The van der Waals surface area contributed by atoms with Crippen molar-refractivity contribution >= 4 is 11.0 Å². The number of nitrogens with one attached hydrogen (secondary N) is 1. The summed E-state index contributed by atoms with van der Waals surface area (Å²) in [4.78, 5) is 7.74. The van der Waals surface area contributed by atoms with Crippen LogP contribution in [0.2, 0.25) is 0 Å². The zero-order chi connectivity index (χ0) is 11.8. The molecule has 0 fully saturated rings. The van der Waals surface area contributed by atoms with Gasteiger partial charge < -0.3 is 4.98 Å². The zero-order valence-corrected chi connectivity index (χ0v) is 10.6. The van der Waals surface area contributed by atoms with Gasteiger partial charge in [0.25, 0.3) is 0 Å². The molecule has 1 heterocycles. The number of fused-ring (bicyclic) bond motifs is 1. The molecular weight excluding hydrogens is 196 g/mol. The molecule has 16 heavy (non-hydrogen) atoms. The van der Waals surface area contributed by atoms with E-state index in [0.717, 1.165) is 16.9 Å². The third-order valence-corrected chi connectivity index (χ3v) is 3.86. The van der Waals surface area contributed by atoms with E-state index in [1.54, 1.807) is 0 Å². The first-order chi connectivity index (χ1) is 7.59. The number of nitrogens with zero attached hydrogens (tertiary/aromatic N) is 1. The number of H-pyrrole nitrogens is 1. The summed E-state index contributed by atoms with van der Waals surface area (Å²) in [7, 11) is 0. The van der Waals surface area contributed by atoms with Crippen LogP contribution in [-0.2, 0) is 5.41 Å². The van der Waals surface area contributed by atoms with Crippen LogP contribution in [0.4, 0.5) is 0 Å². The molecule has 1 aromatic carbocycles. The molecule has 2 heteroatoms. The lowest BCUT2D eigenvalue weighted by Gasteiger charge is -2.27. The van der Waals surface area contributed by atoms with E-state index in [-0.39, 0.29) is 5.41 Å². The molecule has 86 valence electrons. The van der Waals surface area contributed by atoms with Crippen LogP contribution in [0.3, 0.4) is 0 Å². The van der Waals surface area contributed by atoms with Crippen LogP contribution in [0.25, 0.3) is 11.0 Å². The van der Waals surface area contributed by atoms with Gasteiger partial charge in [-0.1, -0.05) is 26.8 Å². The number of hydrogen-bond donors (Lipinski definition) is 1. The Morgan fingerprint density at radius 3 is 2.56 bits per heavy atom. The predicted molar refractivity (Wildman–Crippen MR) is 68.8 cm³/mol. The second-order valence-corrected chi connectivity index (χ2v) is 4.82. The van der Waals surface area contributed by atoms with Crippen LogP contribution in [0.15, 0.2) is 18.2 Å². The number of hydrogen-bond acceptors (Lipinski definition) is 1. The minimum Gasteiger partial charge on any atom is -0.342 e. The summed E-state index contributed by atoms with van der Waals surface area (Å²) >= 11 is 0. The fraction of sp³-hybridized carbons (Fsp3) is 0.500. The minimum atomic E-state index is 0.285. The quantitative estimate of drug-likeness (QED) is 0.826. The van der Waals surface area contributed by atoms with Crippen LogP contribution in [0, 0.1) is 6.92 Å². The maximum Gasteiger partial charge on any atom is 0.104 e. The molecule has 0 radical (unpaired) electrons. The van der Waals surface area contributed by atoms with Gasteiger partial charge in [0.15, 0.2) is 0 Å². The van der Waals surface area contributed by atoms with Gasteiger partial charge in [0, 0.05) is 0 Å². The lowest BCUT2D eigenvalue weighted by Crippen LogP contribution is -2.19. The number of benzene rings is 1. The average molecular weight is 216 g/mol. The predicted octanol–water partition coefficient (Wildman–Crippen LogP) is 3.95. The highest BCUT2D eigenvalue weighted by atomic mass is 14.9. The molecule has 2 aromatic rings. The Morgan fingerprint density at radius 1 is 1.25 bits per heavy atom. The third-order valence-electron chi connectivity index (χ3n) is 3.86. The third kappa shape index (κ3) is 1.73. The van der Waals surface area contributed by atoms with Crippen LogP contribution in [0.1, 0.15) is 45.0 Å². The minimum absolute atomic E-state index is 0.285. The van der Waals surface area contributed by atoms with Gasteiger partial charge in [0.2, 0.25) is 0 Å². The molecule has 0 atom stereocenters. The molecule has 2 rings (SSSR count). The SMILES string of the molecule is CCC(C)(CC)c1ccc2nc(C)[nH]c2c1. The van der Waals surface area contributed by atoms with Crippen LogP contribution in [-0.4, -0.2) is 9.97 Å². The fourth-order valence-electron chi connectivity index (χ4n) is 2.17. The Balaban J connectivity index is 2.53. The van der Waals surface area contributed by atoms with E-state index in [1.165, 1.54) is 18.4 Å². The largest absolute Gasteiger partial charge is 0.342 e. The maximum absolute atomic E-state index is 4.43. The van der Waals surface area contributed by atoms with Gasteiger partial charge in [-0.05, 0) is 42.9 Å². The summed E-state index contributed by atoms with van der Waals surface area (Å²) in [6.45, 7) is 8.84. The van der Waals surface area contributed by atoms with Crippen molar-refractivity contribution in [1.82, 2.24) is 9.97 Å². The molecule has 0 spiro atoms. The summed E-state index contributed by atoms with van der Waals surface area (Å²) in [6, 6.07) is 6.59. The van der Waals surface area contributed by atoms with Crippen molar-refractivity contribution in [1.29, 1.82) is 0 Å². The summed E-state index contributed by atoms with van der Waals surface area (Å²) in [5, 5.41) is 0. The van der Waals surface area contributed by atoms with E-state index in [0.29, 0.717) is 0 Å². The monoisotopic (exact) mass is 216 g/mol. The normalized spacial score (nSPS) is 12.2. The number of aryl methyl sites for hydroxylation is 1. The maximum atomic E-state index is 4.43. The van der Waals surface area contributed by atoms with Gasteiger partial charge in [0.05, 0.1) is 11.0 Å². The van der Waals surface area contributed by atoms with Crippen molar-refractivity contribution in [2.75, 3.05) is 0 Å². The van der Waals surface area contributed by atoms with Crippen molar-refractivity contribution in [3.63, 3.8) is 0 Å². The second kappa shape index (κ2) is 3.93. The zero-order valence-electron chi connectivity index (χ0n) is 10.6. The molecule has 1 N–H and O–H groups in total. The molecule has 0 amide bonds. The Labute approximate surface area is 97.1 Å². The van der Waals surface area contributed by atoms with Crippen molar-refractivity contribution in [2.45, 2.75) is 46.0 Å². The van der Waals surface area contributed by atoms with Gasteiger partial charge in [-0.25, -0.2) is 4.98 Å². The topological polar surface area (TPSA) is 28.7 Å². The molecule has 0 aliphatic heterocycles. The Kier molecular flexibility index (Phi) is 2.75. The Morgan fingerprint density at radius 2 is 1.94 bits per heavy atom. The van der Waals surface area contributed by atoms with Crippen molar-refractivity contribution in [2.24, 2.45) is 0 Å². The van der Waals surface area contributed by atoms with E-state index < -0.39 is 0 Å². The molecule has 0 saturated carbocycles. The number of aromatic nitrogens is 2. The van der Waals surface area contributed by atoms with E-state index >= 15 is 0 Å². The first-order valence-electron chi connectivity index (χ1n) is 6.06. The smallest absolute Gasteiger partial charge is 0.104 e. The molecule has 0 unspecified atom stereocenters. The van der Waals surface area contributed by atoms with Crippen molar-refractivity contribution in [3.05, 3.63) is 29.6 Å². The van der Waals surface area contributed by atoms with Crippen molar-refractivity contribution < 1.29 is 0 Å².